The maximum atomic E-state index is 13.9. The molecule has 1 aromatic heterocycles. The Hall–Kier alpha value is -1.78. The predicted molar refractivity (Wildman–Crippen MR) is 88.8 cm³/mol. The highest BCUT2D eigenvalue weighted by Crippen LogP contribution is 2.36. The molecule has 1 saturated heterocycles. The second kappa shape index (κ2) is 6.26. The van der Waals surface area contributed by atoms with Gasteiger partial charge in [-0.05, 0) is 24.3 Å². The third-order valence-electron chi connectivity index (χ3n) is 2.96. The van der Waals surface area contributed by atoms with E-state index in [4.69, 9.17) is 12.2 Å². The number of carbonyl (C=O) groups is 1. The monoisotopic (exact) mass is 390 g/mol. The number of aromatic nitrogens is 1. The van der Waals surface area contributed by atoms with Gasteiger partial charge in [0.1, 0.15) is 15.1 Å². The van der Waals surface area contributed by atoms with Crippen molar-refractivity contribution in [3.05, 3.63) is 45.6 Å². The molecule has 0 saturated carbocycles. The van der Waals surface area contributed by atoms with Crippen LogP contribution in [0.4, 0.5) is 17.6 Å². The van der Waals surface area contributed by atoms with Crippen LogP contribution in [0.1, 0.15) is 10.4 Å². The predicted octanol–water partition coefficient (Wildman–Crippen LogP) is 4.46. The fourth-order valence-corrected chi connectivity index (χ4v) is 3.88. The molecule has 0 spiro atoms. The molecule has 124 valence electrons. The van der Waals surface area contributed by atoms with E-state index in [2.05, 4.69) is 10.3 Å². The average Bonchev–Trinajstić information content (AvgIpc) is 3.05. The van der Waals surface area contributed by atoms with Crippen LogP contribution in [-0.4, -0.2) is 15.2 Å². The molecule has 1 aromatic carbocycles. The zero-order chi connectivity index (χ0) is 17.5. The van der Waals surface area contributed by atoms with Gasteiger partial charge >= 0.3 is 6.18 Å². The number of thiazole rings is 1. The molecule has 0 unspecified atom stereocenters. The van der Waals surface area contributed by atoms with E-state index < -0.39 is 17.6 Å². The Morgan fingerprint density at radius 2 is 2.04 bits per heavy atom. The molecule has 0 radical (unpaired) electrons. The number of rotatable bonds is 2. The first-order chi connectivity index (χ1) is 11.2. The lowest BCUT2D eigenvalue weighted by Crippen LogP contribution is -2.17. The first-order valence-corrected chi connectivity index (χ1v) is 8.36. The van der Waals surface area contributed by atoms with Crippen molar-refractivity contribution in [3.63, 3.8) is 0 Å². The van der Waals surface area contributed by atoms with Crippen LogP contribution in [0.3, 0.4) is 0 Å². The van der Waals surface area contributed by atoms with Crippen LogP contribution in [-0.2, 0) is 11.0 Å². The second-order valence-electron chi connectivity index (χ2n) is 4.61. The zero-order valence-corrected chi connectivity index (χ0v) is 13.9. The molecule has 1 amide bonds. The number of nitrogens with zero attached hydrogens (tertiary/aromatic N) is 1. The summed E-state index contributed by atoms with van der Waals surface area (Å²) in [6.45, 7) is 0. The van der Waals surface area contributed by atoms with Gasteiger partial charge in [-0.2, -0.15) is 13.2 Å². The number of nitrogens with one attached hydrogen (secondary N) is 1. The third kappa shape index (κ3) is 3.50. The second-order valence-corrected chi connectivity index (χ2v) is 7.39. The van der Waals surface area contributed by atoms with E-state index in [-0.39, 0.29) is 16.5 Å². The summed E-state index contributed by atoms with van der Waals surface area (Å²) in [5, 5.41) is 2.54. The number of carbonyl (C=O) groups excluding carboxylic acids is 1. The fraction of sp³-hybridized carbons (Fsp3) is 0.0714. The Bertz CT molecular complexity index is 873. The summed E-state index contributed by atoms with van der Waals surface area (Å²) in [7, 11) is 0. The minimum Gasteiger partial charge on any atom is -0.307 e. The number of thiocarbonyl (C=S) groups is 1. The molecule has 2 aromatic rings. The van der Waals surface area contributed by atoms with E-state index in [1.165, 1.54) is 12.3 Å². The Balaban J connectivity index is 1.95. The highest BCUT2D eigenvalue weighted by Gasteiger charge is 2.31. The third-order valence-corrected chi connectivity index (χ3v) is 5.10. The van der Waals surface area contributed by atoms with Crippen LogP contribution in [0.15, 0.2) is 29.3 Å². The highest BCUT2D eigenvalue weighted by atomic mass is 32.2. The minimum atomic E-state index is -4.57. The standard InChI is InChI=1S/C14H6F4N2OS3/c15-9-2-1-6(14(16,17)18)3-8(9)12-19-5-7(23-12)4-10-11(21)20-13(22)24-10/h1-5H,(H,20,21,22)/b10-4-. The van der Waals surface area contributed by atoms with Crippen LogP contribution in [0, 0.1) is 5.82 Å². The van der Waals surface area contributed by atoms with Gasteiger partial charge in [0.2, 0.25) is 0 Å². The summed E-state index contributed by atoms with van der Waals surface area (Å²) in [4.78, 5) is 16.4. The Morgan fingerprint density at radius 3 is 2.67 bits per heavy atom. The average molecular weight is 390 g/mol. The summed E-state index contributed by atoms with van der Waals surface area (Å²) in [6.07, 6.45) is -1.70. The maximum Gasteiger partial charge on any atom is 0.416 e. The van der Waals surface area contributed by atoms with Gasteiger partial charge in [0.15, 0.2) is 0 Å². The van der Waals surface area contributed by atoms with E-state index in [1.54, 1.807) is 0 Å². The first-order valence-electron chi connectivity index (χ1n) is 6.32. The van der Waals surface area contributed by atoms with Crippen molar-refractivity contribution in [1.29, 1.82) is 0 Å². The van der Waals surface area contributed by atoms with Crippen LogP contribution in [0.2, 0.25) is 0 Å². The van der Waals surface area contributed by atoms with Crippen molar-refractivity contribution in [3.8, 4) is 10.6 Å². The molecule has 2 heterocycles. The molecular formula is C14H6F4N2OS3. The molecule has 10 heteroatoms. The van der Waals surface area contributed by atoms with Crippen LogP contribution in [0.5, 0.6) is 0 Å². The number of hydrogen-bond acceptors (Lipinski definition) is 5. The smallest absolute Gasteiger partial charge is 0.307 e. The molecule has 1 fully saturated rings. The molecule has 1 aliphatic heterocycles. The quantitative estimate of drug-likeness (QED) is 0.467. The van der Waals surface area contributed by atoms with E-state index in [0.29, 0.717) is 20.2 Å². The van der Waals surface area contributed by atoms with E-state index in [1.807, 2.05) is 0 Å². The summed E-state index contributed by atoms with van der Waals surface area (Å²) in [5.41, 5.74) is -1.19. The lowest BCUT2D eigenvalue weighted by atomic mass is 10.1. The van der Waals surface area contributed by atoms with Crippen molar-refractivity contribution < 1.29 is 22.4 Å². The van der Waals surface area contributed by atoms with Gasteiger partial charge in [-0.3, -0.25) is 4.79 Å². The van der Waals surface area contributed by atoms with Crippen molar-refractivity contribution >= 4 is 51.6 Å². The van der Waals surface area contributed by atoms with Crippen molar-refractivity contribution in [2.24, 2.45) is 0 Å². The number of alkyl halides is 3. The molecule has 3 nitrogen and oxygen atoms in total. The van der Waals surface area contributed by atoms with Crippen molar-refractivity contribution in [2.75, 3.05) is 0 Å². The number of amides is 1. The molecule has 3 rings (SSSR count). The summed E-state index contributed by atoms with van der Waals surface area (Å²) in [5.74, 6) is -1.16. The molecule has 24 heavy (non-hydrogen) atoms. The van der Waals surface area contributed by atoms with E-state index >= 15 is 0 Å². The molecule has 1 aliphatic rings. The van der Waals surface area contributed by atoms with Gasteiger partial charge in [-0.15, -0.1) is 11.3 Å². The molecule has 0 atom stereocenters. The van der Waals surface area contributed by atoms with Gasteiger partial charge in [0.25, 0.3) is 5.91 Å². The minimum absolute atomic E-state index is 0.0939. The van der Waals surface area contributed by atoms with Crippen LogP contribution in [0.25, 0.3) is 16.6 Å². The molecule has 1 N–H and O–H groups in total. The summed E-state index contributed by atoms with van der Waals surface area (Å²) in [6, 6.07) is 2.16. The number of halogens is 4. The molecular weight excluding hydrogens is 384 g/mol. The number of benzene rings is 1. The number of hydrogen-bond donors (Lipinski definition) is 1. The lowest BCUT2D eigenvalue weighted by Gasteiger charge is -2.08. The van der Waals surface area contributed by atoms with Crippen LogP contribution >= 0.6 is 35.3 Å². The largest absolute Gasteiger partial charge is 0.416 e. The summed E-state index contributed by atoms with van der Waals surface area (Å²) >= 11 is 6.91. The topological polar surface area (TPSA) is 42.0 Å². The van der Waals surface area contributed by atoms with Crippen molar-refractivity contribution in [1.82, 2.24) is 10.3 Å². The Labute approximate surface area is 146 Å². The van der Waals surface area contributed by atoms with Crippen molar-refractivity contribution in [2.45, 2.75) is 6.18 Å². The van der Waals surface area contributed by atoms with E-state index in [9.17, 15) is 22.4 Å². The maximum absolute atomic E-state index is 13.9. The highest BCUT2D eigenvalue weighted by molar-refractivity contribution is 8.26. The fourth-order valence-electron chi connectivity index (χ4n) is 1.89. The molecule has 0 aliphatic carbocycles. The number of thioether (sulfide) groups is 1. The first kappa shape index (κ1) is 17.1. The van der Waals surface area contributed by atoms with Crippen LogP contribution < -0.4 is 5.32 Å². The Kier molecular flexibility index (Phi) is 4.45. The van der Waals surface area contributed by atoms with Gasteiger partial charge in [0.05, 0.1) is 10.5 Å². The SMILES string of the molecule is O=C1NC(=S)S/C1=C\c1cnc(-c2cc(C(F)(F)F)ccc2F)s1. The zero-order valence-electron chi connectivity index (χ0n) is 11.5. The van der Waals surface area contributed by atoms with Gasteiger partial charge in [-0.1, -0.05) is 24.0 Å². The van der Waals surface area contributed by atoms with Gasteiger partial charge < -0.3 is 5.32 Å². The summed E-state index contributed by atoms with van der Waals surface area (Å²) < 4.78 is 52.5. The van der Waals surface area contributed by atoms with E-state index in [0.717, 1.165) is 35.2 Å². The Morgan fingerprint density at radius 1 is 1.29 bits per heavy atom. The molecule has 0 bridgehead atoms. The van der Waals surface area contributed by atoms with Gasteiger partial charge in [0, 0.05) is 16.6 Å². The normalized spacial score (nSPS) is 16.8. The van der Waals surface area contributed by atoms with Gasteiger partial charge in [-0.25, -0.2) is 9.37 Å². The lowest BCUT2D eigenvalue weighted by molar-refractivity contribution is -0.137.